The maximum Gasteiger partial charge on any atom is 0.0365 e. The Morgan fingerprint density at radius 1 is 1.12 bits per heavy atom. The van der Waals surface area contributed by atoms with Gasteiger partial charge in [0.15, 0.2) is 0 Å². The average molecular weight is 245 g/mol. The Labute approximate surface area is 105 Å². The first-order valence-corrected chi connectivity index (χ1v) is 7.30. The largest absolute Gasteiger partial charge is 0.303 e. The third-order valence-corrected chi connectivity index (χ3v) is 4.75. The van der Waals surface area contributed by atoms with Crippen LogP contribution in [0.4, 0.5) is 0 Å². The van der Waals surface area contributed by atoms with Gasteiger partial charge in [0.05, 0.1) is 0 Å². The van der Waals surface area contributed by atoms with E-state index in [1.165, 1.54) is 51.9 Å². The molecule has 3 heteroatoms. The van der Waals surface area contributed by atoms with Gasteiger partial charge in [0.25, 0.3) is 0 Å². The van der Waals surface area contributed by atoms with Crippen molar-refractivity contribution in [1.29, 1.82) is 0 Å². The minimum absolute atomic E-state index is 0.446. The number of hydrogen-bond donors (Lipinski definition) is 0. The summed E-state index contributed by atoms with van der Waals surface area (Å²) < 4.78 is 0. The van der Waals surface area contributed by atoms with Gasteiger partial charge in [-0.1, -0.05) is 13.8 Å². The van der Waals surface area contributed by atoms with Gasteiger partial charge in [0, 0.05) is 30.6 Å². The van der Waals surface area contributed by atoms with Gasteiger partial charge in [-0.05, 0) is 38.8 Å². The molecule has 0 aromatic rings. The van der Waals surface area contributed by atoms with Crippen molar-refractivity contribution in [3.63, 3.8) is 0 Å². The van der Waals surface area contributed by atoms with Gasteiger partial charge in [-0.2, -0.15) is 0 Å². The number of hydrogen-bond acceptors (Lipinski definition) is 2. The van der Waals surface area contributed by atoms with Crippen LogP contribution in [-0.2, 0) is 0 Å². The first kappa shape index (κ1) is 12.7. The molecule has 0 saturated carbocycles. The van der Waals surface area contributed by atoms with Crippen molar-refractivity contribution in [2.75, 3.05) is 26.2 Å². The molecule has 2 saturated heterocycles. The molecule has 2 atom stereocenters. The maximum atomic E-state index is 6.29. The predicted octanol–water partition coefficient (Wildman–Crippen LogP) is 2.56. The van der Waals surface area contributed by atoms with Gasteiger partial charge in [-0.25, -0.2) is 0 Å². The fourth-order valence-corrected chi connectivity index (χ4v) is 3.78. The predicted molar refractivity (Wildman–Crippen MR) is 70.2 cm³/mol. The molecule has 94 valence electrons. The summed E-state index contributed by atoms with van der Waals surface area (Å²) in [5.74, 6) is 0. The van der Waals surface area contributed by atoms with E-state index in [0.717, 1.165) is 12.1 Å². The topological polar surface area (TPSA) is 6.48 Å². The highest BCUT2D eigenvalue weighted by molar-refractivity contribution is 6.20. The summed E-state index contributed by atoms with van der Waals surface area (Å²) in [6.07, 6.45) is 5.20. The summed E-state index contributed by atoms with van der Waals surface area (Å²) in [7, 11) is 0. The summed E-state index contributed by atoms with van der Waals surface area (Å²) >= 11 is 6.29. The van der Waals surface area contributed by atoms with Crippen LogP contribution in [0.2, 0.25) is 0 Å². The molecule has 2 unspecified atom stereocenters. The lowest BCUT2D eigenvalue weighted by Gasteiger charge is -2.38. The van der Waals surface area contributed by atoms with Crippen LogP contribution in [-0.4, -0.2) is 53.4 Å². The standard InChI is InChI=1S/C13H25ClN2/c1-3-15(4-2)7-8-16-12-5-6-13(16)10-11(14)9-12/h11-13H,3-10H2,1-2H3. The summed E-state index contributed by atoms with van der Waals surface area (Å²) in [4.78, 5) is 5.25. The zero-order valence-corrected chi connectivity index (χ0v) is 11.4. The molecule has 2 aliphatic heterocycles. The molecule has 2 fully saturated rings. The van der Waals surface area contributed by atoms with Crippen molar-refractivity contribution >= 4 is 11.6 Å². The van der Waals surface area contributed by atoms with Crippen LogP contribution in [0.3, 0.4) is 0 Å². The summed E-state index contributed by atoms with van der Waals surface area (Å²) in [6.45, 7) is 9.34. The van der Waals surface area contributed by atoms with Crippen molar-refractivity contribution in [3.05, 3.63) is 0 Å². The lowest BCUT2D eigenvalue weighted by molar-refractivity contribution is 0.123. The third kappa shape index (κ3) is 2.72. The molecular formula is C13H25ClN2. The molecular weight excluding hydrogens is 220 g/mol. The SMILES string of the molecule is CCN(CC)CCN1C2CCC1CC(Cl)C2. The maximum absolute atomic E-state index is 6.29. The highest BCUT2D eigenvalue weighted by Gasteiger charge is 2.39. The number of fused-ring (bicyclic) bond motifs is 2. The summed E-state index contributed by atoms with van der Waals surface area (Å²) in [5.41, 5.74) is 0. The second kappa shape index (κ2) is 5.70. The highest BCUT2D eigenvalue weighted by atomic mass is 35.5. The quantitative estimate of drug-likeness (QED) is 0.686. The normalized spacial score (nSPS) is 34.9. The van der Waals surface area contributed by atoms with Gasteiger partial charge < -0.3 is 4.90 Å². The van der Waals surface area contributed by atoms with Crippen molar-refractivity contribution in [3.8, 4) is 0 Å². The first-order valence-electron chi connectivity index (χ1n) is 6.86. The molecule has 0 aliphatic carbocycles. The van der Waals surface area contributed by atoms with Crippen LogP contribution in [0.15, 0.2) is 0 Å². The number of rotatable bonds is 5. The second-order valence-electron chi connectivity index (χ2n) is 5.22. The van der Waals surface area contributed by atoms with E-state index in [1.54, 1.807) is 0 Å². The highest BCUT2D eigenvalue weighted by Crippen LogP contribution is 2.37. The number of alkyl halides is 1. The second-order valence-corrected chi connectivity index (χ2v) is 5.84. The van der Waals surface area contributed by atoms with E-state index >= 15 is 0 Å². The molecule has 2 nitrogen and oxygen atoms in total. The summed E-state index contributed by atoms with van der Waals surface area (Å²) in [6, 6.07) is 1.58. The number of halogens is 1. The first-order chi connectivity index (χ1) is 7.74. The zero-order chi connectivity index (χ0) is 11.5. The molecule has 2 aliphatic rings. The Morgan fingerprint density at radius 3 is 2.19 bits per heavy atom. The van der Waals surface area contributed by atoms with Crippen LogP contribution < -0.4 is 0 Å². The zero-order valence-electron chi connectivity index (χ0n) is 10.7. The Hall–Kier alpha value is 0.210. The fourth-order valence-electron chi connectivity index (χ4n) is 3.37. The van der Waals surface area contributed by atoms with Crippen LogP contribution in [0.25, 0.3) is 0 Å². The smallest absolute Gasteiger partial charge is 0.0365 e. The minimum Gasteiger partial charge on any atom is -0.303 e. The number of piperidine rings is 1. The third-order valence-electron chi connectivity index (χ3n) is 4.40. The van der Waals surface area contributed by atoms with Crippen LogP contribution in [0, 0.1) is 0 Å². The minimum atomic E-state index is 0.446. The molecule has 0 N–H and O–H groups in total. The molecule has 2 heterocycles. The van der Waals surface area contributed by atoms with Gasteiger partial charge in [-0.3, -0.25) is 4.90 Å². The Bertz CT molecular complexity index is 204. The lowest BCUT2D eigenvalue weighted by Crippen LogP contribution is -2.46. The molecule has 0 radical (unpaired) electrons. The lowest BCUT2D eigenvalue weighted by atomic mass is 10.0. The van der Waals surface area contributed by atoms with Crippen LogP contribution in [0.1, 0.15) is 39.5 Å². The van der Waals surface area contributed by atoms with Gasteiger partial charge in [-0.15, -0.1) is 11.6 Å². The van der Waals surface area contributed by atoms with E-state index in [4.69, 9.17) is 11.6 Å². The van der Waals surface area contributed by atoms with E-state index in [1.807, 2.05) is 0 Å². The van der Waals surface area contributed by atoms with Gasteiger partial charge in [0.1, 0.15) is 0 Å². The van der Waals surface area contributed by atoms with E-state index in [2.05, 4.69) is 23.6 Å². The number of likely N-dealkylation sites (N-methyl/N-ethyl adjacent to an activating group) is 1. The molecule has 0 aromatic heterocycles. The molecule has 2 rings (SSSR count). The Morgan fingerprint density at radius 2 is 1.69 bits per heavy atom. The molecule has 0 spiro atoms. The molecule has 0 aromatic carbocycles. The van der Waals surface area contributed by atoms with Crippen molar-refractivity contribution in [2.45, 2.75) is 57.0 Å². The van der Waals surface area contributed by atoms with Crippen molar-refractivity contribution < 1.29 is 0 Å². The van der Waals surface area contributed by atoms with E-state index < -0.39 is 0 Å². The van der Waals surface area contributed by atoms with Gasteiger partial charge in [0.2, 0.25) is 0 Å². The van der Waals surface area contributed by atoms with Crippen LogP contribution >= 0.6 is 11.6 Å². The van der Waals surface area contributed by atoms with Crippen LogP contribution in [0.5, 0.6) is 0 Å². The average Bonchev–Trinajstić information content (AvgIpc) is 2.53. The molecule has 2 bridgehead atoms. The van der Waals surface area contributed by atoms with E-state index in [0.29, 0.717) is 5.38 Å². The van der Waals surface area contributed by atoms with Crippen molar-refractivity contribution in [2.24, 2.45) is 0 Å². The molecule has 16 heavy (non-hydrogen) atoms. The monoisotopic (exact) mass is 244 g/mol. The van der Waals surface area contributed by atoms with E-state index in [9.17, 15) is 0 Å². The fraction of sp³-hybridized carbons (Fsp3) is 1.00. The summed E-state index contributed by atoms with van der Waals surface area (Å²) in [5, 5.41) is 0.446. The van der Waals surface area contributed by atoms with Gasteiger partial charge >= 0.3 is 0 Å². The van der Waals surface area contributed by atoms with Crippen molar-refractivity contribution in [1.82, 2.24) is 9.80 Å². The Kier molecular flexibility index (Phi) is 4.51. The molecule has 0 amide bonds. The Balaban J connectivity index is 1.82. The van der Waals surface area contributed by atoms with E-state index in [-0.39, 0.29) is 0 Å². The number of nitrogens with zero attached hydrogens (tertiary/aromatic N) is 2.